The highest BCUT2D eigenvalue weighted by atomic mass is 32.1. The lowest BCUT2D eigenvalue weighted by atomic mass is 10.1. The van der Waals surface area contributed by atoms with Crippen molar-refractivity contribution in [3.63, 3.8) is 0 Å². The molecule has 0 saturated carbocycles. The molecule has 0 unspecified atom stereocenters. The van der Waals surface area contributed by atoms with Gasteiger partial charge in [0.15, 0.2) is 0 Å². The third-order valence-electron chi connectivity index (χ3n) is 2.21. The molecule has 0 spiro atoms. The van der Waals surface area contributed by atoms with Gasteiger partial charge in [-0.05, 0) is 12.5 Å². The minimum absolute atomic E-state index is 0.250. The van der Waals surface area contributed by atoms with Gasteiger partial charge in [-0.15, -0.1) is 10.2 Å². The van der Waals surface area contributed by atoms with Crippen LogP contribution in [0.15, 0.2) is 24.3 Å². The minimum atomic E-state index is -0.250. The van der Waals surface area contributed by atoms with Crippen molar-refractivity contribution in [2.24, 2.45) is 0 Å². The Balaban J connectivity index is 1.94. The largest absolute Gasteiger partial charge is 0.374 e. The van der Waals surface area contributed by atoms with E-state index >= 15 is 0 Å². The van der Waals surface area contributed by atoms with Crippen LogP contribution in [0.2, 0.25) is 0 Å². The number of aromatic nitrogens is 2. The van der Waals surface area contributed by atoms with E-state index in [1.54, 1.807) is 0 Å². The Morgan fingerprint density at radius 1 is 1.35 bits per heavy atom. The third kappa shape index (κ3) is 3.01. The van der Waals surface area contributed by atoms with Crippen LogP contribution in [0.1, 0.15) is 20.9 Å². The fraction of sp³-hybridized carbons (Fsp3) is 0.182. The van der Waals surface area contributed by atoms with Gasteiger partial charge >= 0.3 is 0 Å². The number of carbonyl (C=O) groups is 1. The molecule has 2 rings (SSSR count). The minimum Gasteiger partial charge on any atom is -0.374 e. The SMILES string of the molecule is Cc1ccc(CNC(=O)c2nnc(N)s2)cc1. The molecule has 0 bridgehead atoms. The van der Waals surface area contributed by atoms with E-state index in [2.05, 4.69) is 15.5 Å². The number of nitrogens with one attached hydrogen (secondary N) is 1. The standard InChI is InChI=1S/C11H12N4OS/c1-7-2-4-8(5-3-7)6-13-9(16)10-14-15-11(12)17-10/h2-5H,6H2,1H3,(H2,12,15)(H,13,16). The van der Waals surface area contributed by atoms with Crippen LogP contribution in [0.4, 0.5) is 5.13 Å². The number of benzene rings is 1. The zero-order valence-corrected chi connectivity index (χ0v) is 10.1. The molecule has 88 valence electrons. The van der Waals surface area contributed by atoms with Gasteiger partial charge < -0.3 is 11.1 Å². The van der Waals surface area contributed by atoms with E-state index in [-0.39, 0.29) is 10.9 Å². The molecule has 2 aromatic rings. The first-order valence-electron chi connectivity index (χ1n) is 5.08. The first-order chi connectivity index (χ1) is 8.15. The van der Waals surface area contributed by atoms with Crippen molar-refractivity contribution in [2.45, 2.75) is 13.5 Å². The predicted molar refractivity (Wildman–Crippen MR) is 66.7 cm³/mol. The molecule has 3 N–H and O–H groups in total. The molecule has 1 aromatic heterocycles. The normalized spacial score (nSPS) is 10.2. The van der Waals surface area contributed by atoms with Crippen LogP contribution in [0.3, 0.4) is 0 Å². The van der Waals surface area contributed by atoms with Gasteiger partial charge in [0, 0.05) is 6.54 Å². The van der Waals surface area contributed by atoms with E-state index in [0.29, 0.717) is 11.7 Å². The molecule has 0 radical (unpaired) electrons. The summed E-state index contributed by atoms with van der Waals surface area (Å²) < 4.78 is 0. The average Bonchev–Trinajstić information content (AvgIpc) is 2.75. The first-order valence-corrected chi connectivity index (χ1v) is 5.89. The molecule has 0 aliphatic carbocycles. The lowest BCUT2D eigenvalue weighted by Crippen LogP contribution is -2.22. The topological polar surface area (TPSA) is 80.9 Å². The van der Waals surface area contributed by atoms with Gasteiger partial charge in [-0.2, -0.15) is 0 Å². The van der Waals surface area contributed by atoms with Gasteiger partial charge in [-0.3, -0.25) is 4.79 Å². The van der Waals surface area contributed by atoms with Crippen molar-refractivity contribution in [3.8, 4) is 0 Å². The third-order valence-corrected chi connectivity index (χ3v) is 2.96. The molecule has 0 aliphatic heterocycles. The molecule has 1 aromatic carbocycles. The van der Waals surface area contributed by atoms with Crippen LogP contribution in [0.5, 0.6) is 0 Å². The van der Waals surface area contributed by atoms with Gasteiger partial charge in [0.05, 0.1) is 0 Å². The van der Waals surface area contributed by atoms with Crippen LogP contribution < -0.4 is 11.1 Å². The van der Waals surface area contributed by atoms with Gasteiger partial charge in [-0.1, -0.05) is 41.2 Å². The highest BCUT2D eigenvalue weighted by molar-refractivity contribution is 7.16. The molecule has 0 atom stereocenters. The van der Waals surface area contributed by atoms with E-state index in [1.807, 2.05) is 31.2 Å². The summed E-state index contributed by atoms with van der Waals surface area (Å²) >= 11 is 1.08. The molecule has 6 heteroatoms. The van der Waals surface area contributed by atoms with E-state index in [1.165, 1.54) is 5.56 Å². The van der Waals surface area contributed by atoms with E-state index in [4.69, 9.17) is 5.73 Å². The van der Waals surface area contributed by atoms with Gasteiger partial charge in [-0.25, -0.2) is 0 Å². The molecule has 0 saturated heterocycles. The van der Waals surface area contributed by atoms with Gasteiger partial charge in [0.1, 0.15) is 0 Å². The molecular formula is C11H12N4OS. The molecule has 1 amide bonds. The Labute approximate surface area is 103 Å². The smallest absolute Gasteiger partial charge is 0.282 e. The number of aryl methyl sites for hydroxylation is 1. The number of nitrogen functional groups attached to an aromatic ring is 1. The fourth-order valence-corrected chi connectivity index (χ4v) is 1.82. The van der Waals surface area contributed by atoms with Crippen molar-refractivity contribution in [2.75, 3.05) is 5.73 Å². The van der Waals surface area contributed by atoms with Gasteiger partial charge in [0.25, 0.3) is 5.91 Å². The average molecular weight is 248 g/mol. The van der Waals surface area contributed by atoms with Crippen molar-refractivity contribution in [3.05, 3.63) is 40.4 Å². The van der Waals surface area contributed by atoms with E-state index in [9.17, 15) is 4.79 Å². The van der Waals surface area contributed by atoms with Crippen molar-refractivity contribution in [1.29, 1.82) is 0 Å². The van der Waals surface area contributed by atoms with Gasteiger partial charge in [0.2, 0.25) is 10.1 Å². The Kier molecular flexibility index (Phi) is 3.34. The maximum Gasteiger partial charge on any atom is 0.282 e. The summed E-state index contributed by atoms with van der Waals surface area (Å²) in [5.74, 6) is -0.250. The molecule has 0 aliphatic rings. The highest BCUT2D eigenvalue weighted by Crippen LogP contribution is 2.10. The summed E-state index contributed by atoms with van der Waals surface area (Å²) in [6.07, 6.45) is 0. The maximum absolute atomic E-state index is 11.6. The number of hydrogen-bond donors (Lipinski definition) is 2. The molecular weight excluding hydrogens is 236 g/mol. The quantitative estimate of drug-likeness (QED) is 0.859. The number of anilines is 1. The second-order valence-electron chi connectivity index (χ2n) is 3.61. The van der Waals surface area contributed by atoms with E-state index < -0.39 is 0 Å². The number of nitrogens with two attached hydrogens (primary N) is 1. The Hall–Kier alpha value is -1.95. The summed E-state index contributed by atoms with van der Waals surface area (Å²) in [7, 11) is 0. The Bertz CT molecular complexity index is 521. The predicted octanol–water partition coefficient (Wildman–Crippen LogP) is 1.36. The number of rotatable bonds is 3. The van der Waals surface area contributed by atoms with E-state index in [0.717, 1.165) is 16.9 Å². The highest BCUT2D eigenvalue weighted by Gasteiger charge is 2.10. The first kappa shape index (κ1) is 11.5. The number of carbonyl (C=O) groups excluding carboxylic acids is 1. The van der Waals surface area contributed by atoms with Crippen molar-refractivity contribution < 1.29 is 4.79 Å². The summed E-state index contributed by atoms with van der Waals surface area (Å²) in [6.45, 7) is 2.49. The number of amides is 1. The second-order valence-corrected chi connectivity index (χ2v) is 4.62. The Morgan fingerprint density at radius 3 is 2.65 bits per heavy atom. The van der Waals surface area contributed by atoms with Crippen molar-refractivity contribution in [1.82, 2.24) is 15.5 Å². The monoisotopic (exact) mass is 248 g/mol. The summed E-state index contributed by atoms with van der Waals surface area (Å²) in [6, 6.07) is 7.96. The maximum atomic E-state index is 11.6. The molecule has 1 heterocycles. The van der Waals surface area contributed by atoms with Crippen molar-refractivity contribution >= 4 is 22.4 Å². The Morgan fingerprint density at radius 2 is 2.06 bits per heavy atom. The summed E-state index contributed by atoms with van der Waals surface area (Å²) in [5, 5.41) is 10.6. The molecule has 5 nitrogen and oxygen atoms in total. The zero-order chi connectivity index (χ0) is 12.3. The molecule has 0 fully saturated rings. The molecule has 17 heavy (non-hydrogen) atoms. The summed E-state index contributed by atoms with van der Waals surface area (Å²) in [5.41, 5.74) is 7.64. The lowest BCUT2D eigenvalue weighted by Gasteiger charge is -2.03. The van der Waals surface area contributed by atoms with Crippen LogP contribution in [-0.2, 0) is 6.54 Å². The second kappa shape index (κ2) is 4.92. The van der Waals surface area contributed by atoms with Crippen LogP contribution >= 0.6 is 11.3 Å². The van der Waals surface area contributed by atoms with Crippen LogP contribution in [-0.4, -0.2) is 16.1 Å². The van der Waals surface area contributed by atoms with Crippen LogP contribution in [0.25, 0.3) is 0 Å². The fourth-order valence-electron chi connectivity index (χ4n) is 1.29. The summed E-state index contributed by atoms with van der Waals surface area (Å²) in [4.78, 5) is 11.6. The number of nitrogens with zero attached hydrogens (tertiary/aromatic N) is 2. The zero-order valence-electron chi connectivity index (χ0n) is 9.30. The van der Waals surface area contributed by atoms with Crippen LogP contribution in [0, 0.1) is 6.92 Å². The number of hydrogen-bond acceptors (Lipinski definition) is 5. The lowest BCUT2D eigenvalue weighted by molar-refractivity contribution is 0.0950.